The van der Waals surface area contributed by atoms with Gasteiger partial charge < -0.3 is 15.4 Å². The molecule has 0 aromatic carbocycles. The van der Waals surface area contributed by atoms with Crippen LogP contribution >= 0.6 is 0 Å². The van der Waals surface area contributed by atoms with E-state index in [1.807, 2.05) is 24.1 Å². The summed E-state index contributed by atoms with van der Waals surface area (Å²) in [6.07, 6.45) is 7.21. The largest absolute Gasteiger partial charge is 0.393 e. The fourth-order valence-electron chi connectivity index (χ4n) is 2.59. The van der Waals surface area contributed by atoms with E-state index in [2.05, 4.69) is 4.98 Å². The van der Waals surface area contributed by atoms with Crippen LogP contribution in [-0.2, 0) is 12.5 Å². The zero-order chi connectivity index (χ0) is 10.9. The van der Waals surface area contributed by atoms with Crippen molar-refractivity contribution in [3.8, 4) is 0 Å². The molecule has 4 heteroatoms. The van der Waals surface area contributed by atoms with Gasteiger partial charge in [0.2, 0.25) is 0 Å². The number of nitrogens with zero attached hydrogens (tertiary/aromatic N) is 2. The predicted octanol–water partition coefficient (Wildman–Crippen LogP) is 0.551. The number of hydrogen-bond acceptors (Lipinski definition) is 3. The molecular formula is C11H19N3O. The van der Waals surface area contributed by atoms with Gasteiger partial charge in [-0.05, 0) is 25.7 Å². The van der Waals surface area contributed by atoms with Gasteiger partial charge in [0.05, 0.1) is 12.4 Å². The van der Waals surface area contributed by atoms with Crippen LogP contribution in [0.3, 0.4) is 0 Å². The molecule has 0 aliphatic heterocycles. The Bertz CT molecular complexity index is 326. The van der Waals surface area contributed by atoms with Gasteiger partial charge in [0, 0.05) is 30.9 Å². The van der Waals surface area contributed by atoms with Crippen molar-refractivity contribution in [3.63, 3.8) is 0 Å². The third-order valence-electron chi connectivity index (χ3n) is 3.66. The quantitative estimate of drug-likeness (QED) is 0.747. The fraction of sp³-hybridized carbons (Fsp3) is 0.727. The van der Waals surface area contributed by atoms with Crippen molar-refractivity contribution in [2.75, 3.05) is 6.54 Å². The highest BCUT2D eigenvalue weighted by Gasteiger charge is 2.37. The number of aliphatic hydroxyl groups is 1. The minimum atomic E-state index is -0.141. The first-order valence-corrected chi connectivity index (χ1v) is 5.53. The van der Waals surface area contributed by atoms with E-state index in [1.165, 1.54) is 5.69 Å². The zero-order valence-electron chi connectivity index (χ0n) is 9.19. The molecule has 1 heterocycles. The Balaban J connectivity index is 2.26. The first-order valence-electron chi connectivity index (χ1n) is 5.53. The van der Waals surface area contributed by atoms with E-state index in [-0.39, 0.29) is 11.5 Å². The van der Waals surface area contributed by atoms with E-state index in [0.717, 1.165) is 25.7 Å². The highest BCUT2D eigenvalue weighted by atomic mass is 16.3. The molecular weight excluding hydrogens is 190 g/mol. The predicted molar refractivity (Wildman–Crippen MR) is 58.4 cm³/mol. The number of rotatable bonds is 2. The van der Waals surface area contributed by atoms with Crippen LogP contribution in [0.15, 0.2) is 12.5 Å². The summed E-state index contributed by atoms with van der Waals surface area (Å²) in [5, 5.41) is 9.54. The molecule has 0 saturated heterocycles. The molecule has 1 aliphatic rings. The van der Waals surface area contributed by atoms with Crippen LogP contribution in [0.4, 0.5) is 0 Å². The van der Waals surface area contributed by atoms with Crippen LogP contribution in [0.25, 0.3) is 0 Å². The van der Waals surface area contributed by atoms with Gasteiger partial charge in [-0.25, -0.2) is 4.98 Å². The molecule has 1 aromatic heterocycles. The van der Waals surface area contributed by atoms with Gasteiger partial charge in [-0.3, -0.25) is 0 Å². The lowest BCUT2D eigenvalue weighted by molar-refractivity contribution is 0.0953. The van der Waals surface area contributed by atoms with Gasteiger partial charge in [-0.2, -0.15) is 0 Å². The lowest BCUT2D eigenvalue weighted by Gasteiger charge is -2.38. The SMILES string of the molecule is Cn1cncc1C1(CN)CCC(O)CC1. The van der Waals surface area contributed by atoms with E-state index in [9.17, 15) is 5.11 Å². The van der Waals surface area contributed by atoms with Crippen LogP contribution in [0.1, 0.15) is 31.4 Å². The molecule has 1 saturated carbocycles. The fourth-order valence-corrected chi connectivity index (χ4v) is 2.59. The minimum absolute atomic E-state index is 0.0322. The van der Waals surface area contributed by atoms with E-state index in [0.29, 0.717) is 6.54 Å². The summed E-state index contributed by atoms with van der Waals surface area (Å²) < 4.78 is 2.05. The second kappa shape index (κ2) is 3.94. The summed E-state index contributed by atoms with van der Waals surface area (Å²) in [5.41, 5.74) is 7.16. The summed E-state index contributed by atoms with van der Waals surface area (Å²) in [5.74, 6) is 0. The maximum atomic E-state index is 9.54. The Labute approximate surface area is 90.1 Å². The van der Waals surface area contributed by atoms with E-state index in [1.54, 1.807) is 0 Å². The number of imidazole rings is 1. The van der Waals surface area contributed by atoms with Gasteiger partial charge in [0.1, 0.15) is 0 Å². The average Bonchev–Trinajstić information content (AvgIpc) is 2.67. The van der Waals surface area contributed by atoms with Crippen LogP contribution in [0.5, 0.6) is 0 Å². The number of hydrogen-bond donors (Lipinski definition) is 2. The minimum Gasteiger partial charge on any atom is -0.393 e. The van der Waals surface area contributed by atoms with Crippen molar-refractivity contribution >= 4 is 0 Å². The smallest absolute Gasteiger partial charge is 0.0945 e. The van der Waals surface area contributed by atoms with Gasteiger partial charge in [-0.15, -0.1) is 0 Å². The molecule has 0 radical (unpaired) electrons. The summed E-state index contributed by atoms with van der Waals surface area (Å²) in [6.45, 7) is 0.638. The van der Waals surface area contributed by atoms with Gasteiger partial charge >= 0.3 is 0 Å². The topological polar surface area (TPSA) is 64.1 Å². The molecule has 0 bridgehead atoms. The number of aromatic nitrogens is 2. The Morgan fingerprint density at radius 3 is 2.73 bits per heavy atom. The molecule has 0 atom stereocenters. The molecule has 2 rings (SSSR count). The Kier molecular flexibility index (Phi) is 2.80. The summed E-state index contributed by atoms with van der Waals surface area (Å²) in [6, 6.07) is 0. The monoisotopic (exact) mass is 209 g/mol. The van der Waals surface area contributed by atoms with Crippen molar-refractivity contribution in [1.29, 1.82) is 0 Å². The molecule has 84 valence electrons. The maximum absolute atomic E-state index is 9.54. The first kappa shape index (κ1) is 10.6. The lowest BCUT2D eigenvalue weighted by atomic mass is 9.71. The molecule has 0 amide bonds. The highest BCUT2D eigenvalue weighted by molar-refractivity contribution is 5.17. The van der Waals surface area contributed by atoms with Crippen LogP contribution < -0.4 is 5.73 Å². The molecule has 0 unspecified atom stereocenters. The normalized spacial score (nSPS) is 31.8. The number of aryl methyl sites for hydroxylation is 1. The van der Waals surface area contributed by atoms with Crippen molar-refractivity contribution < 1.29 is 5.11 Å². The molecule has 3 N–H and O–H groups in total. The number of nitrogens with two attached hydrogens (primary N) is 1. The molecule has 1 aromatic rings. The molecule has 0 spiro atoms. The van der Waals surface area contributed by atoms with Crippen molar-refractivity contribution in [3.05, 3.63) is 18.2 Å². The standard InChI is InChI=1S/C11H19N3O/c1-14-8-13-6-10(14)11(7-12)4-2-9(15)3-5-11/h6,8-9,15H,2-5,7,12H2,1H3. The molecule has 1 fully saturated rings. The third kappa shape index (κ3) is 1.79. The lowest BCUT2D eigenvalue weighted by Crippen LogP contribution is -2.41. The van der Waals surface area contributed by atoms with Gasteiger partial charge in [0.15, 0.2) is 0 Å². The van der Waals surface area contributed by atoms with Crippen molar-refractivity contribution in [2.24, 2.45) is 12.8 Å². The Morgan fingerprint density at radius 2 is 2.27 bits per heavy atom. The number of aliphatic hydroxyl groups excluding tert-OH is 1. The second-order valence-corrected chi connectivity index (χ2v) is 4.61. The first-order chi connectivity index (χ1) is 7.18. The van der Waals surface area contributed by atoms with Crippen LogP contribution in [0.2, 0.25) is 0 Å². The molecule has 1 aliphatic carbocycles. The second-order valence-electron chi connectivity index (χ2n) is 4.61. The van der Waals surface area contributed by atoms with E-state index in [4.69, 9.17) is 5.73 Å². The van der Waals surface area contributed by atoms with Crippen molar-refractivity contribution in [2.45, 2.75) is 37.2 Å². The van der Waals surface area contributed by atoms with Crippen LogP contribution in [0, 0.1) is 0 Å². The molecule has 4 nitrogen and oxygen atoms in total. The Morgan fingerprint density at radius 1 is 1.60 bits per heavy atom. The third-order valence-corrected chi connectivity index (χ3v) is 3.66. The average molecular weight is 209 g/mol. The summed E-state index contributed by atoms with van der Waals surface area (Å²) in [4.78, 5) is 4.15. The maximum Gasteiger partial charge on any atom is 0.0945 e. The van der Waals surface area contributed by atoms with Crippen LogP contribution in [-0.4, -0.2) is 27.3 Å². The summed E-state index contributed by atoms with van der Waals surface area (Å²) >= 11 is 0. The summed E-state index contributed by atoms with van der Waals surface area (Å²) in [7, 11) is 2.00. The molecule has 15 heavy (non-hydrogen) atoms. The van der Waals surface area contributed by atoms with Crippen molar-refractivity contribution in [1.82, 2.24) is 9.55 Å². The van der Waals surface area contributed by atoms with Gasteiger partial charge in [0.25, 0.3) is 0 Å². The van der Waals surface area contributed by atoms with Gasteiger partial charge in [-0.1, -0.05) is 0 Å². The van der Waals surface area contributed by atoms with E-state index >= 15 is 0 Å². The highest BCUT2D eigenvalue weighted by Crippen LogP contribution is 2.38. The zero-order valence-corrected chi connectivity index (χ0v) is 9.19. The Hall–Kier alpha value is -0.870. The van der Waals surface area contributed by atoms with E-state index < -0.39 is 0 Å².